The van der Waals surface area contributed by atoms with E-state index in [0.29, 0.717) is 17.3 Å². The fraction of sp³-hybridized carbons (Fsp3) is 0.250. The smallest absolute Gasteiger partial charge is 0.327 e. The zero-order valence-electron chi connectivity index (χ0n) is 10.3. The number of carboxylic acids is 1. The van der Waals surface area contributed by atoms with Gasteiger partial charge < -0.3 is 15.3 Å². The van der Waals surface area contributed by atoms with E-state index in [0.717, 1.165) is 10.2 Å². The van der Waals surface area contributed by atoms with E-state index in [1.165, 1.54) is 28.0 Å². The summed E-state index contributed by atoms with van der Waals surface area (Å²) in [5, 5.41) is 11.8. The summed E-state index contributed by atoms with van der Waals surface area (Å²) in [6.07, 6.45) is 0. The first kappa shape index (κ1) is 13.2. The molecular weight excluding hydrogens is 298 g/mol. The van der Waals surface area contributed by atoms with Crippen LogP contribution in [0.5, 0.6) is 0 Å². The normalized spacial score (nSPS) is 18.4. The number of anilines is 1. The lowest BCUT2D eigenvalue weighted by atomic mass is 10.3. The summed E-state index contributed by atoms with van der Waals surface area (Å²) < 4.78 is 0.980. The number of aromatic nitrogens is 1. The highest BCUT2D eigenvalue weighted by molar-refractivity contribution is 7.99. The predicted molar refractivity (Wildman–Crippen MR) is 79.2 cm³/mol. The number of hydrogen-bond acceptors (Lipinski definition) is 5. The van der Waals surface area contributed by atoms with Crippen LogP contribution in [0.4, 0.5) is 10.5 Å². The average molecular weight is 309 g/mol. The Labute approximate surface area is 122 Å². The van der Waals surface area contributed by atoms with Crippen molar-refractivity contribution in [3.8, 4) is 0 Å². The van der Waals surface area contributed by atoms with Crippen LogP contribution in [0.3, 0.4) is 0 Å². The number of carbonyl (C=O) groups excluding carboxylic acids is 1. The molecule has 2 amide bonds. The minimum absolute atomic E-state index is 0.383. The van der Waals surface area contributed by atoms with Gasteiger partial charge in [-0.1, -0.05) is 0 Å². The van der Waals surface area contributed by atoms with Crippen LogP contribution in [-0.4, -0.2) is 44.7 Å². The summed E-state index contributed by atoms with van der Waals surface area (Å²) in [6.45, 7) is 0. The molecule has 0 aliphatic carbocycles. The van der Waals surface area contributed by atoms with Crippen molar-refractivity contribution in [2.75, 3.05) is 16.9 Å². The lowest BCUT2D eigenvalue weighted by Gasteiger charge is -2.20. The van der Waals surface area contributed by atoms with Gasteiger partial charge in [0.25, 0.3) is 0 Å². The molecule has 0 bridgehead atoms. The molecule has 2 aromatic rings. The van der Waals surface area contributed by atoms with E-state index in [1.54, 1.807) is 11.6 Å². The minimum Gasteiger partial charge on any atom is -0.480 e. The van der Waals surface area contributed by atoms with Crippen molar-refractivity contribution >= 4 is 51.0 Å². The summed E-state index contributed by atoms with van der Waals surface area (Å²) in [6, 6.07) is 4.29. The first-order valence-electron chi connectivity index (χ1n) is 5.86. The Balaban J connectivity index is 1.76. The molecule has 6 nitrogen and oxygen atoms in total. The molecule has 2 N–H and O–H groups in total. The van der Waals surface area contributed by atoms with Gasteiger partial charge in [0, 0.05) is 11.4 Å². The van der Waals surface area contributed by atoms with Crippen LogP contribution in [-0.2, 0) is 4.79 Å². The van der Waals surface area contributed by atoms with Crippen molar-refractivity contribution in [2.24, 2.45) is 0 Å². The maximum Gasteiger partial charge on any atom is 0.327 e. The maximum absolute atomic E-state index is 12.1. The molecule has 0 radical (unpaired) electrons. The summed E-state index contributed by atoms with van der Waals surface area (Å²) in [5.74, 6) is -0.148. The molecule has 1 saturated heterocycles. The average Bonchev–Trinajstić information content (AvgIpc) is 3.06. The molecule has 104 valence electrons. The Bertz CT molecular complexity index is 673. The molecule has 0 saturated carbocycles. The van der Waals surface area contributed by atoms with Crippen molar-refractivity contribution in [1.29, 1.82) is 0 Å². The zero-order valence-corrected chi connectivity index (χ0v) is 11.9. The summed E-state index contributed by atoms with van der Waals surface area (Å²) in [7, 11) is 0. The van der Waals surface area contributed by atoms with Gasteiger partial charge in [0.2, 0.25) is 0 Å². The van der Waals surface area contributed by atoms with Crippen molar-refractivity contribution < 1.29 is 14.7 Å². The fourth-order valence-electron chi connectivity index (χ4n) is 1.98. The Kier molecular flexibility index (Phi) is 3.49. The second kappa shape index (κ2) is 5.29. The maximum atomic E-state index is 12.1. The number of nitrogens with one attached hydrogen (secondary N) is 1. The molecule has 8 heteroatoms. The highest BCUT2D eigenvalue weighted by Crippen LogP contribution is 2.24. The Morgan fingerprint density at radius 3 is 3.10 bits per heavy atom. The van der Waals surface area contributed by atoms with Crippen molar-refractivity contribution in [1.82, 2.24) is 9.88 Å². The number of amides is 2. The number of thioether (sulfide) groups is 1. The molecular formula is C12H11N3O3S2. The second-order valence-corrected chi connectivity index (χ2v) is 6.17. The lowest BCUT2D eigenvalue weighted by molar-refractivity contribution is -0.140. The number of urea groups is 1. The first-order valence-corrected chi connectivity index (χ1v) is 7.90. The monoisotopic (exact) mass is 309 g/mol. The van der Waals surface area contributed by atoms with Crippen molar-refractivity contribution in [3.63, 3.8) is 0 Å². The van der Waals surface area contributed by atoms with E-state index >= 15 is 0 Å². The van der Waals surface area contributed by atoms with Crippen LogP contribution in [0.15, 0.2) is 23.7 Å². The number of fused-ring (bicyclic) bond motifs is 1. The van der Waals surface area contributed by atoms with Gasteiger partial charge in [0.15, 0.2) is 0 Å². The number of thiazole rings is 1. The summed E-state index contributed by atoms with van der Waals surface area (Å²) >= 11 is 2.93. The SMILES string of the molecule is O=C(O)[C@@H]1CSCN1C(=O)Nc1ccc2ncsc2c1. The molecule has 1 fully saturated rings. The van der Waals surface area contributed by atoms with E-state index in [1.807, 2.05) is 12.1 Å². The molecule has 1 atom stereocenters. The highest BCUT2D eigenvalue weighted by atomic mass is 32.2. The summed E-state index contributed by atoms with van der Waals surface area (Å²) in [4.78, 5) is 28.7. The van der Waals surface area contributed by atoms with Crippen LogP contribution in [0.1, 0.15) is 0 Å². The third-order valence-electron chi connectivity index (χ3n) is 3.01. The molecule has 1 aliphatic rings. The van der Waals surface area contributed by atoms with E-state index in [4.69, 9.17) is 5.11 Å². The Morgan fingerprint density at radius 1 is 1.45 bits per heavy atom. The number of benzene rings is 1. The van der Waals surface area contributed by atoms with Gasteiger partial charge in [-0.2, -0.15) is 0 Å². The van der Waals surface area contributed by atoms with Crippen molar-refractivity contribution in [3.05, 3.63) is 23.7 Å². The lowest BCUT2D eigenvalue weighted by Crippen LogP contribution is -2.43. The van der Waals surface area contributed by atoms with Gasteiger partial charge in [-0.25, -0.2) is 14.6 Å². The van der Waals surface area contributed by atoms with Gasteiger partial charge in [-0.05, 0) is 18.2 Å². The van der Waals surface area contributed by atoms with Crippen LogP contribution < -0.4 is 5.32 Å². The Hall–Kier alpha value is -1.80. The minimum atomic E-state index is -0.969. The van der Waals surface area contributed by atoms with Crippen molar-refractivity contribution in [2.45, 2.75) is 6.04 Å². The second-order valence-electron chi connectivity index (χ2n) is 4.29. The van der Waals surface area contributed by atoms with Gasteiger partial charge in [-0.3, -0.25) is 0 Å². The van der Waals surface area contributed by atoms with Crippen LogP contribution >= 0.6 is 23.1 Å². The van der Waals surface area contributed by atoms with E-state index in [2.05, 4.69) is 10.3 Å². The predicted octanol–water partition coefficient (Wildman–Crippen LogP) is 2.29. The number of aliphatic carboxylic acids is 1. The zero-order chi connectivity index (χ0) is 14.1. The third-order valence-corrected chi connectivity index (χ3v) is 4.81. The van der Waals surface area contributed by atoms with Crippen LogP contribution in [0.2, 0.25) is 0 Å². The number of rotatable bonds is 2. The fourth-order valence-corrected chi connectivity index (χ4v) is 3.84. The van der Waals surface area contributed by atoms with Crippen LogP contribution in [0.25, 0.3) is 10.2 Å². The van der Waals surface area contributed by atoms with Gasteiger partial charge >= 0.3 is 12.0 Å². The topological polar surface area (TPSA) is 82.5 Å². The molecule has 3 rings (SSSR count). The van der Waals surface area contributed by atoms with Gasteiger partial charge in [0.05, 0.1) is 21.6 Å². The number of carboxylic acid groups (broad SMARTS) is 1. The molecule has 0 unspecified atom stereocenters. The molecule has 2 heterocycles. The van der Waals surface area contributed by atoms with Gasteiger partial charge in [0.1, 0.15) is 6.04 Å². The molecule has 0 spiro atoms. The molecule has 1 aromatic heterocycles. The molecule has 1 aromatic carbocycles. The van der Waals surface area contributed by atoms with E-state index in [9.17, 15) is 9.59 Å². The van der Waals surface area contributed by atoms with E-state index < -0.39 is 12.0 Å². The number of hydrogen-bond donors (Lipinski definition) is 2. The van der Waals surface area contributed by atoms with Crippen LogP contribution in [0, 0.1) is 0 Å². The number of nitrogens with zero attached hydrogens (tertiary/aromatic N) is 2. The molecule has 20 heavy (non-hydrogen) atoms. The van der Waals surface area contributed by atoms with E-state index in [-0.39, 0.29) is 6.03 Å². The Morgan fingerprint density at radius 2 is 2.30 bits per heavy atom. The standard InChI is InChI=1S/C12H11N3O3S2/c16-11(17)9-4-19-6-15(9)12(18)14-7-1-2-8-10(3-7)20-5-13-8/h1-3,5,9H,4,6H2,(H,14,18)(H,16,17)/t9-/m0/s1. The third kappa shape index (κ3) is 2.44. The largest absolute Gasteiger partial charge is 0.480 e. The molecule has 1 aliphatic heterocycles. The highest BCUT2D eigenvalue weighted by Gasteiger charge is 2.34. The quantitative estimate of drug-likeness (QED) is 0.889. The number of carbonyl (C=O) groups is 2. The summed E-state index contributed by atoms with van der Waals surface area (Å²) in [5.41, 5.74) is 3.27. The first-order chi connectivity index (χ1) is 9.65. The van der Waals surface area contributed by atoms with Gasteiger partial charge in [-0.15, -0.1) is 23.1 Å².